The number of hydrogen-bond acceptors (Lipinski definition) is 4. The predicted molar refractivity (Wildman–Crippen MR) is 97.0 cm³/mol. The van der Waals surface area contributed by atoms with Gasteiger partial charge in [0, 0.05) is 23.7 Å². The normalized spacial score (nSPS) is 32.2. The average molecular weight is 363 g/mol. The molecule has 1 amide bonds. The number of likely N-dealkylation sites (tertiary alicyclic amines) is 1. The van der Waals surface area contributed by atoms with E-state index >= 15 is 0 Å². The van der Waals surface area contributed by atoms with Gasteiger partial charge >= 0.3 is 0 Å². The molecule has 126 valence electrons. The first-order chi connectivity index (χ1) is 11.6. The second-order valence-corrected chi connectivity index (χ2v) is 8.53. The van der Waals surface area contributed by atoms with Gasteiger partial charge in [-0.1, -0.05) is 29.3 Å². The van der Waals surface area contributed by atoms with Crippen LogP contribution in [0.25, 0.3) is 0 Å². The van der Waals surface area contributed by atoms with Crippen LogP contribution in [0.2, 0.25) is 0 Å². The summed E-state index contributed by atoms with van der Waals surface area (Å²) in [5.74, 6) is 6.47. The highest BCUT2D eigenvalue weighted by molar-refractivity contribution is 8.17. The van der Waals surface area contributed by atoms with Crippen LogP contribution in [0.1, 0.15) is 32.1 Å². The Morgan fingerprint density at radius 1 is 1.33 bits per heavy atom. The molecule has 2 unspecified atom stereocenters. The van der Waals surface area contributed by atoms with Crippen molar-refractivity contribution in [3.63, 3.8) is 0 Å². The molecule has 0 aromatic heterocycles. The van der Waals surface area contributed by atoms with E-state index in [9.17, 15) is 9.90 Å². The third-order valence-corrected chi connectivity index (χ3v) is 6.66. The molecule has 1 N–H and O–H groups in total. The molecule has 4 nitrogen and oxygen atoms in total. The van der Waals surface area contributed by atoms with Crippen molar-refractivity contribution in [2.75, 3.05) is 13.1 Å². The lowest BCUT2D eigenvalue weighted by molar-refractivity contribution is -0.133. The van der Waals surface area contributed by atoms with Gasteiger partial charge in [0.1, 0.15) is 9.79 Å². The van der Waals surface area contributed by atoms with Crippen LogP contribution in [-0.4, -0.2) is 50.9 Å². The zero-order valence-corrected chi connectivity index (χ0v) is 14.9. The van der Waals surface area contributed by atoms with Gasteiger partial charge in [-0.2, -0.15) is 0 Å². The number of halogens is 1. The van der Waals surface area contributed by atoms with E-state index in [0.717, 1.165) is 34.9 Å². The minimum Gasteiger partial charge on any atom is -0.393 e. The number of allylic oxidation sites excluding steroid dienone is 4. The minimum absolute atomic E-state index is 0.0841. The number of aliphatic hydroxyl groups is 1. The Morgan fingerprint density at radius 2 is 2.12 bits per heavy atom. The molecule has 4 aliphatic rings. The van der Waals surface area contributed by atoms with Gasteiger partial charge in [0.25, 0.3) is 0 Å². The molecule has 0 bridgehead atoms. The molecular weight excluding hydrogens is 344 g/mol. The number of rotatable bonds is 1. The largest absolute Gasteiger partial charge is 0.393 e. The summed E-state index contributed by atoms with van der Waals surface area (Å²) in [7, 11) is 0. The fraction of sp³-hybridized carbons (Fsp3) is 0.556. The van der Waals surface area contributed by atoms with Crippen molar-refractivity contribution in [3.8, 4) is 11.8 Å². The standard InChI is InChI=1S/C18H19ClN2O2S/c19-13-4-1-12(2-5-13)3-6-16-20-15-11-18(15,24-16)17(23)21-9-7-14(22)8-10-21/h1,4,14-15,22H,2,5,7-11H2. The summed E-state index contributed by atoms with van der Waals surface area (Å²) in [6.07, 6.45) is 7.47. The highest BCUT2D eigenvalue weighted by Crippen LogP contribution is 2.57. The van der Waals surface area contributed by atoms with E-state index in [-0.39, 0.29) is 18.1 Å². The number of carbonyl (C=O) groups is 1. The summed E-state index contributed by atoms with van der Waals surface area (Å²) in [6.45, 7) is 1.30. The van der Waals surface area contributed by atoms with E-state index in [0.29, 0.717) is 25.9 Å². The Labute approximate surface area is 151 Å². The fourth-order valence-corrected chi connectivity index (χ4v) is 4.78. The van der Waals surface area contributed by atoms with Crippen molar-refractivity contribution in [2.24, 2.45) is 4.99 Å². The van der Waals surface area contributed by atoms with Crippen LogP contribution < -0.4 is 0 Å². The van der Waals surface area contributed by atoms with Gasteiger partial charge in [-0.3, -0.25) is 9.79 Å². The molecule has 2 aliphatic heterocycles. The molecule has 0 aromatic carbocycles. The summed E-state index contributed by atoms with van der Waals surface area (Å²) in [5.41, 5.74) is 1.06. The quantitative estimate of drug-likeness (QED) is 0.729. The van der Waals surface area contributed by atoms with Gasteiger partial charge in [-0.05, 0) is 50.2 Å². The van der Waals surface area contributed by atoms with Gasteiger partial charge in [-0.25, -0.2) is 0 Å². The predicted octanol–water partition coefficient (Wildman–Crippen LogP) is 2.47. The van der Waals surface area contributed by atoms with E-state index in [4.69, 9.17) is 11.6 Å². The van der Waals surface area contributed by atoms with Crippen LogP contribution in [0.3, 0.4) is 0 Å². The number of nitrogens with zero attached hydrogens (tertiary/aromatic N) is 2. The maximum absolute atomic E-state index is 12.8. The maximum atomic E-state index is 12.8. The number of piperidine rings is 1. The van der Waals surface area contributed by atoms with E-state index < -0.39 is 4.75 Å². The lowest BCUT2D eigenvalue weighted by atomic mass is 10.1. The summed E-state index contributed by atoms with van der Waals surface area (Å²) in [4.78, 5) is 19.3. The number of hydrogen-bond donors (Lipinski definition) is 1. The Bertz CT molecular complexity index is 725. The number of aliphatic hydroxyl groups excluding tert-OH is 1. The summed E-state index contributed by atoms with van der Waals surface area (Å²) >= 11 is 7.49. The average Bonchev–Trinajstić information content (AvgIpc) is 3.16. The van der Waals surface area contributed by atoms with Gasteiger partial charge in [0.2, 0.25) is 5.91 Å². The van der Waals surface area contributed by atoms with Crippen molar-refractivity contribution < 1.29 is 9.90 Å². The Morgan fingerprint density at radius 3 is 2.83 bits per heavy atom. The summed E-state index contributed by atoms with van der Waals surface area (Å²) in [5, 5.41) is 11.2. The topological polar surface area (TPSA) is 52.9 Å². The number of thioether (sulfide) groups is 1. The zero-order valence-electron chi connectivity index (χ0n) is 13.3. The molecule has 2 heterocycles. The molecule has 0 radical (unpaired) electrons. The van der Waals surface area contributed by atoms with Crippen molar-refractivity contribution in [2.45, 2.75) is 49.0 Å². The van der Waals surface area contributed by atoms with Crippen molar-refractivity contribution in [1.29, 1.82) is 0 Å². The molecule has 24 heavy (non-hydrogen) atoms. The molecule has 2 aliphatic carbocycles. The fourth-order valence-electron chi connectivity index (χ4n) is 3.35. The molecule has 4 rings (SSSR count). The minimum atomic E-state index is -0.406. The highest BCUT2D eigenvalue weighted by atomic mass is 35.5. The van der Waals surface area contributed by atoms with E-state index in [1.54, 1.807) is 0 Å². The summed E-state index contributed by atoms with van der Waals surface area (Å²) in [6, 6.07) is 0.0841. The molecule has 1 saturated heterocycles. The monoisotopic (exact) mass is 362 g/mol. The lowest BCUT2D eigenvalue weighted by Gasteiger charge is -2.31. The Balaban J connectivity index is 1.40. The SMILES string of the molecule is O=C(N1CCC(O)CC1)C12CC1N=C(C#CC1=CC=C(Cl)CC1)S2. The smallest absolute Gasteiger partial charge is 0.241 e. The summed E-state index contributed by atoms with van der Waals surface area (Å²) < 4.78 is -0.406. The Hall–Kier alpha value is -1.22. The third kappa shape index (κ3) is 3.03. The number of aliphatic imine (C=N–C) groups is 1. The van der Waals surface area contributed by atoms with Gasteiger partial charge in [0.05, 0.1) is 12.1 Å². The number of fused-ring (bicyclic) bond motifs is 1. The highest BCUT2D eigenvalue weighted by Gasteiger charge is 2.66. The van der Waals surface area contributed by atoms with Crippen LogP contribution in [0, 0.1) is 11.8 Å². The van der Waals surface area contributed by atoms with Crippen LogP contribution >= 0.6 is 23.4 Å². The van der Waals surface area contributed by atoms with Gasteiger partial charge < -0.3 is 10.0 Å². The molecule has 0 aromatic rings. The van der Waals surface area contributed by atoms with Crippen LogP contribution in [0.15, 0.2) is 27.7 Å². The van der Waals surface area contributed by atoms with Crippen molar-refractivity contribution >= 4 is 34.3 Å². The van der Waals surface area contributed by atoms with Crippen molar-refractivity contribution in [1.82, 2.24) is 4.90 Å². The molecule has 0 spiro atoms. The Kier molecular flexibility index (Phi) is 4.24. The second kappa shape index (κ2) is 6.25. The van der Waals surface area contributed by atoms with E-state index in [1.165, 1.54) is 11.8 Å². The maximum Gasteiger partial charge on any atom is 0.241 e. The zero-order chi connectivity index (χ0) is 16.7. The molecular formula is C18H19ClN2O2S. The second-order valence-electron chi connectivity index (χ2n) is 6.72. The van der Waals surface area contributed by atoms with E-state index in [2.05, 4.69) is 16.8 Å². The first kappa shape index (κ1) is 16.3. The molecule has 6 heteroatoms. The molecule has 2 atom stereocenters. The first-order valence-corrected chi connectivity index (χ1v) is 9.58. The van der Waals surface area contributed by atoms with Gasteiger partial charge in [-0.15, -0.1) is 0 Å². The molecule has 2 fully saturated rings. The van der Waals surface area contributed by atoms with Crippen molar-refractivity contribution in [3.05, 3.63) is 22.8 Å². The van der Waals surface area contributed by atoms with E-state index in [1.807, 2.05) is 17.1 Å². The van der Waals surface area contributed by atoms with Crippen LogP contribution in [0.4, 0.5) is 0 Å². The number of amides is 1. The first-order valence-electron chi connectivity index (χ1n) is 8.38. The lowest BCUT2D eigenvalue weighted by Crippen LogP contribution is -2.45. The van der Waals surface area contributed by atoms with Gasteiger partial charge in [0.15, 0.2) is 0 Å². The third-order valence-electron chi connectivity index (χ3n) is 4.97. The molecule has 1 saturated carbocycles. The van der Waals surface area contributed by atoms with Crippen LogP contribution in [-0.2, 0) is 4.79 Å². The van der Waals surface area contributed by atoms with Crippen LogP contribution in [0.5, 0.6) is 0 Å². The number of carbonyl (C=O) groups excluding carboxylic acids is 1.